The molecule has 0 aliphatic carbocycles. The van der Waals surface area contributed by atoms with Gasteiger partial charge in [0.2, 0.25) is 0 Å². The number of amides is 1. The standard InChI is InChI=1S/C27H21Cl2IN2O3/c1-2-34-25-12-17(11-24(30)26(25)35-16-21-9-10-22(28)14-23(21)29)15-31-32-27(33)20-8-7-18-5-3-4-6-19(18)13-20/h3-15H,2,16H2,1H3,(H,32,33)/b31-15-. The Morgan fingerprint density at radius 2 is 1.80 bits per heavy atom. The molecule has 0 saturated carbocycles. The van der Waals surface area contributed by atoms with Gasteiger partial charge in [-0.25, -0.2) is 5.43 Å². The van der Waals surface area contributed by atoms with Gasteiger partial charge in [-0.3, -0.25) is 4.79 Å². The Balaban J connectivity index is 1.47. The van der Waals surface area contributed by atoms with E-state index in [0.29, 0.717) is 33.7 Å². The first-order chi connectivity index (χ1) is 16.9. The van der Waals surface area contributed by atoms with Crippen LogP contribution in [0, 0.1) is 3.57 Å². The highest BCUT2D eigenvalue weighted by molar-refractivity contribution is 14.1. The Labute approximate surface area is 227 Å². The van der Waals surface area contributed by atoms with Crippen LogP contribution in [0.5, 0.6) is 11.5 Å². The van der Waals surface area contributed by atoms with Crippen LogP contribution in [0.15, 0.2) is 77.9 Å². The number of nitrogens with one attached hydrogen (secondary N) is 1. The van der Waals surface area contributed by atoms with Crippen molar-refractivity contribution >= 4 is 68.7 Å². The summed E-state index contributed by atoms with van der Waals surface area (Å²) in [5.41, 5.74) is 4.70. The molecule has 1 N–H and O–H groups in total. The number of hydrogen-bond donors (Lipinski definition) is 1. The van der Waals surface area contributed by atoms with Crippen LogP contribution in [-0.2, 0) is 6.61 Å². The van der Waals surface area contributed by atoms with Crippen molar-refractivity contribution < 1.29 is 14.3 Å². The summed E-state index contributed by atoms with van der Waals surface area (Å²) in [5, 5.41) is 7.31. The Kier molecular flexibility index (Phi) is 8.49. The molecule has 0 atom stereocenters. The number of rotatable bonds is 8. The fraction of sp³-hybridized carbons (Fsp3) is 0.111. The highest BCUT2D eigenvalue weighted by Gasteiger charge is 2.13. The second-order valence-electron chi connectivity index (χ2n) is 7.55. The van der Waals surface area contributed by atoms with Gasteiger partial charge in [0.15, 0.2) is 11.5 Å². The molecule has 0 aliphatic heterocycles. The minimum atomic E-state index is -0.286. The fourth-order valence-electron chi connectivity index (χ4n) is 3.41. The van der Waals surface area contributed by atoms with Crippen molar-refractivity contribution in [3.05, 3.63) is 103 Å². The van der Waals surface area contributed by atoms with E-state index in [2.05, 4.69) is 33.1 Å². The number of carbonyl (C=O) groups is 1. The van der Waals surface area contributed by atoms with Crippen molar-refractivity contribution in [2.45, 2.75) is 13.5 Å². The molecule has 8 heteroatoms. The largest absolute Gasteiger partial charge is 0.490 e. The molecule has 0 aromatic heterocycles. The summed E-state index contributed by atoms with van der Waals surface area (Å²) < 4.78 is 12.7. The van der Waals surface area contributed by atoms with Crippen LogP contribution < -0.4 is 14.9 Å². The SMILES string of the molecule is CCOc1cc(/C=N\NC(=O)c2ccc3ccccc3c2)cc(I)c1OCc1ccc(Cl)cc1Cl. The van der Waals surface area contributed by atoms with Gasteiger partial charge in [0.25, 0.3) is 5.91 Å². The molecule has 5 nitrogen and oxygen atoms in total. The van der Waals surface area contributed by atoms with Crippen molar-refractivity contribution in [1.29, 1.82) is 0 Å². The number of benzene rings is 4. The Bertz CT molecular complexity index is 1410. The summed E-state index contributed by atoms with van der Waals surface area (Å²) in [6, 6.07) is 22.4. The third-order valence-electron chi connectivity index (χ3n) is 5.11. The first-order valence-corrected chi connectivity index (χ1v) is 12.6. The van der Waals surface area contributed by atoms with E-state index < -0.39 is 0 Å². The predicted octanol–water partition coefficient (Wildman–Crippen LogP) is 7.49. The first kappa shape index (κ1) is 25.3. The predicted molar refractivity (Wildman–Crippen MR) is 150 cm³/mol. The van der Waals surface area contributed by atoms with E-state index >= 15 is 0 Å². The zero-order valence-electron chi connectivity index (χ0n) is 18.7. The van der Waals surface area contributed by atoms with Crippen molar-refractivity contribution in [1.82, 2.24) is 5.43 Å². The number of nitrogens with zero attached hydrogens (tertiary/aromatic N) is 1. The summed E-state index contributed by atoms with van der Waals surface area (Å²) in [6.45, 7) is 2.63. The van der Waals surface area contributed by atoms with Gasteiger partial charge in [0.1, 0.15) is 6.61 Å². The van der Waals surface area contributed by atoms with Crippen molar-refractivity contribution in [3.63, 3.8) is 0 Å². The smallest absolute Gasteiger partial charge is 0.271 e. The van der Waals surface area contributed by atoms with E-state index in [4.69, 9.17) is 32.7 Å². The van der Waals surface area contributed by atoms with E-state index in [9.17, 15) is 4.79 Å². The van der Waals surface area contributed by atoms with Crippen LogP contribution in [0.3, 0.4) is 0 Å². The molecule has 0 unspecified atom stereocenters. The quantitative estimate of drug-likeness (QED) is 0.126. The second kappa shape index (κ2) is 11.7. The topological polar surface area (TPSA) is 59.9 Å². The van der Waals surface area contributed by atoms with E-state index in [1.165, 1.54) is 0 Å². The fourth-order valence-corrected chi connectivity index (χ4v) is 4.66. The zero-order chi connectivity index (χ0) is 24.8. The van der Waals surface area contributed by atoms with Crippen LogP contribution in [0.1, 0.15) is 28.4 Å². The number of ether oxygens (including phenoxy) is 2. The average Bonchev–Trinajstić information content (AvgIpc) is 2.84. The number of hydrazone groups is 1. The molecule has 0 aliphatic rings. The lowest BCUT2D eigenvalue weighted by Crippen LogP contribution is -2.17. The minimum absolute atomic E-state index is 0.265. The van der Waals surface area contributed by atoms with Crippen molar-refractivity contribution in [3.8, 4) is 11.5 Å². The number of halogens is 3. The summed E-state index contributed by atoms with van der Waals surface area (Å²) in [6.07, 6.45) is 1.57. The molecule has 4 aromatic carbocycles. The van der Waals surface area contributed by atoms with E-state index in [-0.39, 0.29) is 12.5 Å². The summed E-state index contributed by atoms with van der Waals surface area (Å²) in [5.74, 6) is 0.897. The van der Waals surface area contributed by atoms with Gasteiger partial charge in [0.05, 0.1) is 16.4 Å². The molecular formula is C27H21Cl2IN2O3. The van der Waals surface area contributed by atoms with Gasteiger partial charge in [-0.1, -0.05) is 59.6 Å². The maximum Gasteiger partial charge on any atom is 0.271 e. The third-order valence-corrected chi connectivity index (χ3v) is 6.50. The average molecular weight is 619 g/mol. The van der Waals surface area contributed by atoms with Crippen LogP contribution in [0.2, 0.25) is 10.0 Å². The molecule has 1 amide bonds. The normalized spacial score (nSPS) is 11.1. The lowest BCUT2D eigenvalue weighted by molar-refractivity contribution is 0.0955. The molecule has 0 radical (unpaired) electrons. The van der Waals surface area contributed by atoms with Crippen LogP contribution >= 0.6 is 45.8 Å². The van der Waals surface area contributed by atoms with Gasteiger partial charge in [-0.2, -0.15) is 5.10 Å². The molecule has 0 fully saturated rings. The second-order valence-corrected chi connectivity index (χ2v) is 9.55. The lowest BCUT2D eigenvalue weighted by atomic mass is 10.1. The van der Waals surface area contributed by atoms with Crippen molar-refractivity contribution in [2.75, 3.05) is 6.61 Å². The molecule has 0 saturated heterocycles. The highest BCUT2D eigenvalue weighted by atomic mass is 127. The van der Waals surface area contributed by atoms with Crippen LogP contribution in [-0.4, -0.2) is 18.7 Å². The summed E-state index contributed by atoms with van der Waals surface area (Å²) in [4.78, 5) is 12.5. The summed E-state index contributed by atoms with van der Waals surface area (Å²) >= 11 is 14.4. The molecule has 0 spiro atoms. The zero-order valence-corrected chi connectivity index (χ0v) is 22.4. The van der Waals surface area contributed by atoms with Crippen molar-refractivity contribution in [2.24, 2.45) is 5.10 Å². The van der Waals surface area contributed by atoms with E-state index in [0.717, 1.165) is 25.5 Å². The molecule has 0 bridgehead atoms. The lowest BCUT2D eigenvalue weighted by Gasteiger charge is -2.15. The maximum absolute atomic E-state index is 12.5. The van der Waals surface area contributed by atoms with E-state index in [1.54, 1.807) is 24.4 Å². The number of carbonyl (C=O) groups excluding carboxylic acids is 1. The molecule has 178 valence electrons. The molecule has 4 aromatic rings. The van der Waals surface area contributed by atoms with Gasteiger partial charge < -0.3 is 9.47 Å². The Morgan fingerprint density at radius 3 is 2.57 bits per heavy atom. The number of fused-ring (bicyclic) bond motifs is 1. The molecule has 4 rings (SSSR count). The molecule has 0 heterocycles. The van der Waals surface area contributed by atoms with Crippen LogP contribution in [0.25, 0.3) is 10.8 Å². The third kappa shape index (κ3) is 6.45. The van der Waals surface area contributed by atoms with Gasteiger partial charge in [-0.15, -0.1) is 0 Å². The van der Waals surface area contributed by atoms with Gasteiger partial charge in [0, 0.05) is 21.2 Å². The Hall–Kier alpha value is -2.81. The van der Waals surface area contributed by atoms with Gasteiger partial charge >= 0.3 is 0 Å². The molecule has 35 heavy (non-hydrogen) atoms. The maximum atomic E-state index is 12.5. The molecular weight excluding hydrogens is 598 g/mol. The Morgan fingerprint density at radius 1 is 1.00 bits per heavy atom. The first-order valence-electron chi connectivity index (χ1n) is 10.8. The summed E-state index contributed by atoms with van der Waals surface area (Å²) in [7, 11) is 0. The minimum Gasteiger partial charge on any atom is -0.490 e. The monoisotopic (exact) mass is 618 g/mol. The van der Waals surface area contributed by atoms with Gasteiger partial charge in [-0.05, 0) is 82.2 Å². The number of hydrogen-bond acceptors (Lipinski definition) is 4. The van der Waals surface area contributed by atoms with Crippen LogP contribution in [0.4, 0.5) is 0 Å². The highest BCUT2D eigenvalue weighted by Crippen LogP contribution is 2.35. The van der Waals surface area contributed by atoms with E-state index in [1.807, 2.05) is 61.5 Å².